The maximum atomic E-state index is 12.6. The minimum Gasteiger partial charge on any atom is -0.454 e. The van der Waals surface area contributed by atoms with Crippen molar-refractivity contribution in [3.63, 3.8) is 0 Å². The summed E-state index contributed by atoms with van der Waals surface area (Å²) >= 11 is 0. The molecule has 1 N–H and O–H groups in total. The Balaban J connectivity index is 0.00000243. The second kappa shape index (κ2) is 7.83. The number of ether oxygens (including phenoxy) is 2. The number of nitrogens with one attached hydrogen (secondary N) is 1. The van der Waals surface area contributed by atoms with E-state index < -0.39 is 10.0 Å². The molecule has 0 amide bonds. The summed E-state index contributed by atoms with van der Waals surface area (Å²) in [5, 5.41) is 3.71. The van der Waals surface area contributed by atoms with E-state index in [2.05, 4.69) is 9.88 Å². The fourth-order valence-electron chi connectivity index (χ4n) is 2.84. The molecule has 1 aliphatic rings. The van der Waals surface area contributed by atoms with E-state index >= 15 is 0 Å². The highest BCUT2D eigenvalue weighted by Gasteiger charge is 2.26. The molecule has 1 aliphatic heterocycles. The Labute approximate surface area is 158 Å². The van der Waals surface area contributed by atoms with Gasteiger partial charge in [0, 0.05) is 12.6 Å². The first-order valence-electron chi connectivity index (χ1n) is 7.78. The molecule has 1 atom stereocenters. The summed E-state index contributed by atoms with van der Waals surface area (Å²) in [6.45, 7) is 3.57. The minimum absolute atomic E-state index is 0. The summed E-state index contributed by atoms with van der Waals surface area (Å²) in [7, 11) is 0.0615. The van der Waals surface area contributed by atoms with E-state index in [-0.39, 0.29) is 42.4 Å². The van der Waals surface area contributed by atoms with Crippen LogP contribution in [0.25, 0.3) is 0 Å². The van der Waals surface area contributed by atoms with Gasteiger partial charge in [-0.05, 0) is 45.6 Å². The summed E-state index contributed by atoms with van der Waals surface area (Å²) in [4.78, 5) is 2.03. The van der Waals surface area contributed by atoms with E-state index in [4.69, 9.17) is 14.0 Å². The summed E-state index contributed by atoms with van der Waals surface area (Å²) in [5.74, 6) is 1.63. The van der Waals surface area contributed by atoms with Crippen LogP contribution < -0.4 is 14.2 Å². The number of halogens is 1. The van der Waals surface area contributed by atoms with Crippen LogP contribution in [0.5, 0.6) is 11.5 Å². The van der Waals surface area contributed by atoms with Crippen molar-refractivity contribution in [2.45, 2.75) is 24.8 Å². The number of benzene rings is 1. The predicted octanol–water partition coefficient (Wildman–Crippen LogP) is 2.02. The van der Waals surface area contributed by atoms with Crippen LogP contribution in [-0.4, -0.2) is 45.9 Å². The summed E-state index contributed by atoms with van der Waals surface area (Å²) in [6, 6.07) is 5.43. The van der Waals surface area contributed by atoms with Crippen LogP contribution >= 0.6 is 12.4 Å². The van der Waals surface area contributed by atoms with Gasteiger partial charge in [-0.3, -0.25) is 0 Å². The lowest BCUT2D eigenvalue weighted by molar-refractivity contribution is 0.174. The number of hydrogen-bond donors (Lipinski definition) is 1. The van der Waals surface area contributed by atoms with Crippen molar-refractivity contribution in [3.05, 3.63) is 35.2 Å². The molecule has 2 heterocycles. The van der Waals surface area contributed by atoms with Gasteiger partial charge in [-0.25, -0.2) is 13.1 Å². The first-order valence-corrected chi connectivity index (χ1v) is 9.26. The van der Waals surface area contributed by atoms with Gasteiger partial charge >= 0.3 is 0 Å². The fourth-order valence-corrected chi connectivity index (χ4v) is 4.20. The molecule has 144 valence electrons. The zero-order valence-corrected chi connectivity index (χ0v) is 16.6. The molecule has 1 aromatic carbocycles. The second-order valence-corrected chi connectivity index (χ2v) is 7.80. The number of nitrogens with zero attached hydrogens (tertiary/aromatic N) is 2. The predicted molar refractivity (Wildman–Crippen MR) is 97.4 cm³/mol. The molecule has 0 saturated heterocycles. The highest BCUT2D eigenvalue weighted by atomic mass is 35.5. The van der Waals surface area contributed by atoms with Crippen LogP contribution in [0.2, 0.25) is 0 Å². The molecule has 0 aliphatic carbocycles. The minimum atomic E-state index is -3.72. The van der Waals surface area contributed by atoms with Gasteiger partial charge in [0.05, 0.1) is 0 Å². The standard InChI is InChI=1S/C16H21N3O5S.ClH/c1-10-16(11(2)24-18-10)25(20,21)17-8-13(19(3)4)12-5-6-14-15(7-12)23-9-22-14;/h5-7,13,17H,8-9H2,1-4H3;1H. The first-order chi connectivity index (χ1) is 11.8. The van der Waals surface area contributed by atoms with Crippen molar-refractivity contribution in [2.75, 3.05) is 27.4 Å². The molecule has 1 aromatic heterocycles. The molecule has 0 bridgehead atoms. The third-order valence-corrected chi connectivity index (χ3v) is 5.78. The highest BCUT2D eigenvalue weighted by Crippen LogP contribution is 2.35. The van der Waals surface area contributed by atoms with Gasteiger partial charge in [0.25, 0.3) is 0 Å². The van der Waals surface area contributed by atoms with Crippen molar-refractivity contribution < 1.29 is 22.4 Å². The molecule has 0 saturated carbocycles. The topological polar surface area (TPSA) is 93.9 Å². The lowest BCUT2D eigenvalue weighted by Crippen LogP contribution is -2.34. The van der Waals surface area contributed by atoms with E-state index in [0.29, 0.717) is 17.2 Å². The monoisotopic (exact) mass is 403 g/mol. The van der Waals surface area contributed by atoms with Crippen molar-refractivity contribution in [2.24, 2.45) is 0 Å². The van der Waals surface area contributed by atoms with Gasteiger partial charge in [0.2, 0.25) is 16.8 Å². The number of hydrogen-bond acceptors (Lipinski definition) is 7. The summed E-state index contributed by atoms with van der Waals surface area (Å²) in [5.41, 5.74) is 1.27. The largest absolute Gasteiger partial charge is 0.454 e. The average molecular weight is 404 g/mol. The van der Waals surface area contributed by atoms with Gasteiger partial charge in [-0.1, -0.05) is 11.2 Å². The lowest BCUT2D eigenvalue weighted by atomic mass is 10.1. The Kier molecular flexibility index (Phi) is 6.17. The third kappa shape index (κ3) is 3.96. The molecule has 3 rings (SSSR count). The zero-order chi connectivity index (χ0) is 18.2. The maximum Gasteiger partial charge on any atom is 0.246 e. The fraction of sp³-hybridized carbons (Fsp3) is 0.438. The van der Waals surface area contributed by atoms with Crippen molar-refractivity contribution in [1.29, 1.82) is 0 Å². The number of likely N-dealkylation sites (N-methyl/N-ethyl adjacent to an activating group) is 1. The molecule has 2 aromatic rings. The molecular formula is C16H22ClN3O5S. The van der Waals surface area contributed by atoms with Crippen LogP contribution in [0.1, 0.15) is 23.1 Å². The van der Waals surface area contributed by atoms with E-state index in [1.807, 2.05) is 37.2 Å². The average Bonchev–Trinajstić information content (AvgIpc) is 3.13. The molecule has 0 spiro atoms. The molecule has 8 nitrogen and oxygen atoms in total. The quantitative estimate of drug-likeness (QED) is 0.788. The van der Waals surface area contributed by atoms with E-state index in [9.17, 15) is 8.42 Å². The Morgan fingerprint density at radius 1 is 1.23 bits per heavy atom. The molecule has 10 heteroatoms. The van der Waals surface area contributed by atoms with Gasteiger partial charge in [-0.15, -0.1) is 12.4 Å². The molecule has 0 radical (unpaired) electrons. The highest BCUT2D eigenvalue weighted by molar-refractivity contribution is 7.89. The van der Waals surface area contributed by atoms with Gasteiger partial charge < -0.3 is 18.9 Å². The second-order valence-electron chi connectivity index (χ2n) is 6.10. The van der Waals surface area contributed by atoms with Crippen LogP contribution in [0.3, 0.4) is 0 Å². The Bertz CT molecular complexity index is 863. The van der Waals surface area contributed by atoms with Crippen LogP contribution in [0.4, 0.5) is 0 Å². The summed E-state index contributed by atoms with van der Waals surface area (Å²) in [6.07, 6.45) is 0. The molecule has 1 unspecified atom stereocenters. The van der Waals surface area contributed by atoms with Gasteiger partial charge in [-0.2, -0.15) is 0 Å². The summed E-state index contributed by atoms with van der Waals surface area (Å²) < 4.78 is 43.5. The normalized spacial score (nSPS) is 14.3. The smallest absolute Gasteiger partial charge is 0.246 e. The van der Waals surface area contributed by atoms with E-state index in [1.54, 1.807) is 13.8 Å². The number of sulfonamides is 1. The Morgan fingerprint density at radius 3 is 2.54 bits per heavy atom. The van der Waals surface area contributed by atoms with Crippen molar-refractivity contribution >= 4 is 22.4 Å². The van der Waals surface area contributed by atoms with E-state index in [1.165, 1.54) is 0 Å². The zero-order valence-electron chi connectivity index (χ0n) is 15.0. The van der Waals surface area contributed by atoms with Crippen LogP contribution in [0, 0.1) is 13.8 Å². The third-order valence-electron chi connectivity index (χ3n) is 4.11. The number of fused-ring (bicyclic) bond motifs is 1. The lowest BCUT2D eigenvalue weighted by Gasteiger charge is -2.25. The maximum absolute atomic E-state index is 12.6. The Hall–Kier alpha value is -1.81. The van der Waals surface area contributed by atoms with Gasteiger partial charge in [0.1, 0.15) is 10.6 Å². The number of aromatic nitrogens is 1. The SMILES string of the molecule is Cc1noc(C)c1S(=O)(=O)NCC(c1ccc2c(c1)OCO2)N(C)C.Cl. The number of aryl methyl sites for hydroxylation is 2. The van der Waals surface area contributed by atoms with Crippen molar-refractivity contribution in [1.82, 2.24) is 14.8 Å². The van der Waals surface area contributed by atoms with Crippen LogP contribution in [-0.2, 0) is 10.0 Å². The molecule has 0 fully saturated rings. The van der Waals surface area contributed by atoms with Crippen molar-refractivity contribution in [3.8, 4) is 11.5 Å². The Morgan fingerprint density at radius 2 is 1.92 bits per heavy atom. The molecule has 26 heavy (non-hydrogen) atoms. The van der Waals surface area contributed by atoms with Gasteiger partial charge in [0.15, 0.2) is 17.3 Å². The first kappa shape index (κ1) is 20.5. The van der Waals surface area contributed by atoms with E-state index in [0.717, 1.165) is 5.56 Å². The number of rotatable bonds is 6. The molecular weight excluding hydrogens is 382 g/mol. The van der Waals surface area contributed by atoms with Crippen LogP contribution in [0.15, 0.2) is 27.6 Å².